The van der Waals surface area contributed by atoms with Gasteiger partial charge < -0.3 is 4.74 Å². The molecule has 1 heterocycles. The zero-order valence-electron chi connectivity index (χ0n) is 10.0. The van der Waals surface area contributed by atoms with Crippen molar-refractivity contribution in [2.75, 3.05) is 6.61 Å². The zero-order chi connectivity index (χ0) is 11.3. The molecule has 15 heavy (non-hydrogen) atoms. The Morgan fingerprint density at radius 2 is 2.13 bits per heavy atom. The Labute approximate surface area is 92.0 Å². The summed E-state index contributed by atoms with van der Waals surface area (Å²) < 4.78 is 5.59. The second kappa shape index (κ2) is 5.54. The van der Waals surface area contributed by atoms with Crippen LogP contribution in [-0.4, -0.2) is 11.6 Å². The van der Waals surface area contributed by atoms with Crippen LogP contribution in [0.3, 0.4) is 0 Å². The maximum absolute atomic E-state index is 5.59. The average molecular weight is 205 g/mol. The van der Waals surface area contributed by atoms with Crippen molar-refractivity contribution in [2.24, 2.45) is 0 Å². The number of hydrogen-bond donors (Lipinski definition) is 0. The number of aryl methyl sites for hydroxylation is 2. The van der Waals surface area contributed by atoms with Crippen LogP contribution in [0.4, 0.5) is 0 Å². The van der Waals surface area contributed by atoms with Gasteiger partial charge in [0.1, 0.15) is 0 Å². The largest absolute Gasteiger partial charge is 0.477 e. The summed E-state index contributed by atoms with van der Waals surface area (Å²) in [5, 5.41) is 0. The number of rotatable bonds is 4. The molecule has 1 rings (SSSR count). The molecule has 0 saturated carbocycles. The first kappa shape index (κ1) is 11.8. The van der Waals surface area contributed by atoms with Gasteiger partial charge in [0.05, 0.1) is 6.61 Å². The highest BCUT2D eigenvalue weighted by molar-refractivity contribution is 5.23. The third-order valence-corrected chi connectivity index (χ3v) is 2.31. The first-order valence-corrected chi connectivity index (χ1v) is 5.31. The van der Waals surface area contributed by atoms with E-state index in [4.69, 9.17) is 4.74 Å². The number of pyridine rings is 1. The molecule has 2 heteroatoms. The van der Waals surface area contributed by atoms with E-state index in [0.29, 0.717) is 6.61 Å². The summed E-state index contributed by atoms with van der Waals surface area (Å²) in [6.07, 6.45) is 3.07. The number of allylic oxidation sites excluding steroid dienone is 1. The van der Waals surface area contributed by atoms with E-state index in [0.717, 1.165) is 18.0 Å². The summed E-state index contributed by atoms with van der Waals surface area (Å²) >= 11 is 0. The fourth-order valence-corrected chi connectivity index (χ4v) is 1.34. The second-order valence-electron chi connectivity index (χ2n) is 3.86. The van der Waals surface area contributed by atoms with Gasteiger partial charge >= 0.3 is 0 Å². The monoisotopic (exact) mass is 205 g/mol. The van der Waals surface area contributed by atoms with Gasteiger partial charge in [-0.05, 0) is 39.3 Å². The lowest BCUT2D eigenvalue weighted by Crippen LogP contribution is -2.00. The van der Waals surface area contributed by atoms with Crippen LogP contribution in [0.15, 0.2) is 23.8 Å². The summed E-state index contributed by atoms with van der Waals surface area (Å²) in [5.74, 6) is 0.733. The highest BCUT2D eigenvalue weighted by atomic mass is 16.5. The van der Waals surface area contributed by atoms with Crippen molar-refractivity contribution < 1.29 is 4.74 Å². The van der Waals surface area contributed by atoms with E-state index in [-0.39, 0.29) is 0 Å². The van der Waals surface area contributed by atoms with E-state index < -0.39 is 0 Å². The van der Waals surface area contributed by atoms with Crippen LogP contribution in [0.1, 0.15) is 31.5 Å². The molecule has 0 aliphatic carbocycles. The Morgan fingerprint density at radius 3 is 2.73 bits per heavy atom. The molecule has 2 nitrogen and oxygen atoms in total. The van der Waals surface area contributed by atoms with Gasteiger partial charge in [0.2, 0.25) is 5.88 Å². The van der Waals surface area contributed by atoms with Crippen molar-refractivity contribution in [1.82, 2.24) is 4.98 Å². The summed E-state index contributed by atoms with van der Waals surface area (Å²) in [6.45, 7) is 8.89. The Bertz CT molecular complexity index is 335. The number of hydrogen-bond acceptors (Lipinski definition) is 2. The molecule has 0 atom stereocenters. The number of aromatic nitrogens is 1. The fourth-order valence-electron chi connectivity index (χ4n) is 1.34. The molecule has 1 aromatic heterocycles. The van der Waals surface area contributed by atoms with Gasteiger partial charge in [0.25, 0.3) is 0 Å². The molecule has 0 aliphatic heterocycles. The van der Waals surface area contributed by atoms with Gasteiger partial charge in [-0.15, -0.1) is 0 Å². The van der Waals surface area contributed by atoms with Crippen LogP contribution in [0.5, 0.6) is 5.88 Å². The van der Waals surface area contributed by atoms with Crippen LogP contribution in [0.25, 0.3) is 0 Å². The molecular formula is C13H19NO. The van der Waals surface area contributed by atoms with E-state index in [9.17, 15) is 0 Å². The van der Waals surface area contributed by atoms with Crippen LogP contribution >= 0.6 is 0 Å². The molecule has 0 bridgehead atoms. The summed E-state index contributed by atoms with van der Waals surface area (Å²) in [5.41, 5.74) is 3.55. The third kappa shape index (κ3) is 4.15. The van der Waals surface area contributed by atoms with Crippen molar-refractivity contribution in [3.8, 4) is 5.88 Å². The zero-order valence-corrected chi connectivity index (χ0v) is 10.0. The maximum atomic E-state index is 5.59. The van der Waals surface area contributed by atoms with Crippen LogP contribution in [0, 0.1) is 13.8 Å². The van der Waals surface area contributed by atoms with Gasteiger partial charge in [0.15, 0.2) is 0 Å². The molecule has 0 radical (unpaired) electrons. The standard InChI is InChI=1S/C13H19NO/c1-5-10(2)6-7-15-13-9-11(3)8-12(4)14-13/h5,8-9H,6-7H2,1-4H3/b10-5+. The number of ether oxygens (including phenoxy) is 1. The van der Waals surface area contributed by atoms with Crippen molar-refractivity contribution in [3.63, 3.8) is 0 Å². The molecule has 0 amide bonds. The lowest BCUT2D eigenvalue weighted by molar-refractivity contribution is 0.308. The van der Waals surface area contributed by atoms with Gasteiger partial charge in [-0.3, -0.25) is 0 Å². The van der Waals surface area contributed by atoms with Crippen molar-refractivity contribution in [1.29, 1.82) is 0 Å². The lowest BCUT2D eigenvalue weighted by Gasteiger charge is -2.07. The van der Waals surface area contributed by atoms with Gasteiger partial charge in [-0.25, -0.2) is 4.98 Å². The maximum Gasteiger partial charge on any atom is 0.213 e. The Morgan fingerprint density at radius 1 is 1.40 bits per heavy atom. The molecule has 0 unspecified atom stereocenters. The molecule has 0 aromatic carbocycles. The molecule has 0 saturated heterocycles. The normalized spacial score (nSPS) is 11.6. The van der Waals surface area contributed by atoms with E-state index in [1.165, 1.54) is 11.1 Å². The van der Waals surface area contributed by atoms with Gasteiger partial charge in [-0.2, -0.15) is 0 Å². The first-order chi connectivity index (χ1) is 7.11. The quantitative estimate of drug-likeness (QED) is 0.702. The predicted molar refractivity (Wildman–Crippen MR) is 63.3 cm³/mol. The number of nitrogens with zero attached hydrogens (tertiary/aromatic N) is 1. The minimum Gasteiger partial charge on any atom is -0.477 e. The summed E-state index contributed by atoms with van der Waals surface area (Å²) in [4.78, 5) is 4.32. The van der Waals surface area contributed by atoms with Crippen molar-refractivity contribution in [2.45, 2.75) is 34.1 Å². The highest BCUT2D eigenvalue weighted by Crippen LogP contribution is 2.12. The molecule has 0 aliphatic rings. The Balaban J connectivity index is 2.51. The van der Waals surface area contributed by atoms with E-state index in [2.05, 4.69) is 24.9 Å². The second-order valence-corrected chi connectivity index (χ2v) is 3.86. The Kier molecular flexibility index (Phi) is 4.35. The summed E-state index contributed by atoms with van der Waals surface area (Å²) in [7, 11) is 0. The average Bonchev–Trinajstić information content (AvgIpc) is 2.16. The third-order valence-electron chi connectivity index (χ3n) is 2.31. The predicted octanol–water partition coefficient (Wildman–Crippen LogP) is 3.43. The van der Waals surface area contributed by atoms with E-state index in [1.54, 1.807) is 0 Å². The molecule has 1 aromatic rings. The van der Waals surface area contributed by atoms with Gasteiger partial charge in [0, 0.05) is 18.2 Å². The smallest absolute Gasteiger partial charge is 0.213 e. The first-order valence-electron chi connectivity index (χ1n) is 5.31. The topological polar surface area (TPSA) is 22.1 Å². The van der Waals surface area contributed by atoms with E-state index >= 15 is 0 Å². The molecule has 82 valence electrons. The van der Waals surface area contributed by atoms with Crippen LogP contribution in [-0.2, 0) is 0 Å². The SMILES string of the molecule is C/C=C(\C)CCOc1cc(C)cc(C)n1. The Hall–Kier alpha value is -1.31. The minimum absolute atomic E-state index is 0.700. The lowest BCUT2D eigenvalue weighted by atomic mass is 10.2. The van der Waals surface area contributed by atoms with Gasteiger partial charge in [-0.1, -0.05) is 11.6 Å². The van der Waals surface area contributed by atoms with E-state index in [1.807, 2.05) is 26.0 Å². The minimum atomic E-state index is 0.700. The van der Waals surface area contributed by atoms with Crippen LogP contribution < -0.4 is 4.74 Å². The van der Waals surface area contributed by atoms with Crippen LogP contribution in [0.2, 0.25) is 0 Å². The molecular weight excluding hydrogens is 186 g/mol. The highest BCUT2D eigenvalue weighted by Gasteiger charge is 1.98. The van der Waals surface area contributed by atoms with Crippen molar-refractivity contribution in [3.05, 3.63) is 35.0 Å². The molecule has 0 spiro atoms. The summed E-state index contributed by atoms with van der Waals surface area (Å²) in [6, 6.07) is 4.02. The fraction of sp³-hybridized carbons (Fsp3) is 0.462. The molecule has 0 N–H and O–H groups in total. The molecule has 0 fully saturated rings. The van der Waals surface area contributed by atoms with Crippen molar-refractivity contribution >= 4 is 0 Å².